The molecule has 0 radical (unpaired) electrons. The number of hydrogen-bond donors (Lipinski definition) is 1. The zero-order chi connectivity index (χ0) is 20.3. The third-order valence-electron chi connectivity index (χ3n) is 4.68. The minimum Gasteiger partial charge on any atom is -0.441 e. The number of thiocarbonyl (C=S) groups is 1. The van der Waals surface area contributed by atoms with Gasteiger partial charge in [-0.15, -0.1) is 0 Å². The average Bonchev–Trinajstić information content (AvgIpc) is 3.15. The topological polar surface area (TPSA) is 65.8 Å². The van der Waals surface area contributed by atoms with Crippen molar-refractivity contribution in [2.75, 3.05) is 22.9 Å². The Morgan fingerprint density at radius 2 is 1.75 bits per heavy atom. The van der Waals surface area contributed by atoms with Crippen molar-refractivity contribution in [1.82, 2.24) is 5.32 Å². The molecule has 3 rings (SSSR count). The molecular formula is C21H23N3O3S. The Bertz CT molecular complexity index is 927. The molecule has 0 bridgehead atoms. The molecule has 0 unspecified atom stereocenters. The highest BCUT2D eigenvalue weighted by atomic mass is 32.1. The first kappa shape index (κ1) is 19.8. The van der Waals surface area contributed by atoms with Gasteiger partial charge in [0.05, 0.1) is 5.69 Å². The fourth-order valence-corrected chi connectivity index (χ4v) is 3.32. The van der Waals surface area contributed by atoms with E-state index >= 15 is 0 Å². The summed E-state index contributed by atoms with van der Waals surface area (Å²) in [7, 11) is 0. The van der Waals surface area contributed by atoms with E-state index in [1.165, 1.54) is 11.0 Å². The molecular weight excluding hydrogens is 374 g/mol. The highest BCUT2D eigenvalue weighted by Crippen LogP contribution is 2.25. The molecule has 1 aliphatic heterocycles. The number of carbonyl (C=O) groups excluding carboxylic acids is 2. The first-order valence-corrected chi connectivity index (χ1v) is 9.74. The van der Waals surface area contributed by atoms with Gasteiger partial charge in [0, 0.05) is 19.2 Å². The molecule has 1 aliphatic rings. The summed E-state index contributed by atoms with van der Waals surface area (Å²) in [5.74, 6) is 0.133. The Morgan fingerprint density at radius 1 is 1.07 bits per heavy atom. The van der Waals surface area contributed by atoms with Crippen molar-refractivity contribution in [1.29, 1.82) is 0 Å². The number of carbonyl (C=O) groups is 2. The molecule has 0 aliphatic carbocycles. The molecule has 6 nitrogen and oxygen atoms in total. The Labute approximate surface area is 169 Å². The molecule has 2 amide bonds. The zero-order valence-electron chi connectivity index (χ0n) is 16.2. The third kappa shape index (κ3) is 3.84. The Morgan fingerprint density at radius 3 is 2.36 bits per heavy atom. The summed E-state index contributed by atoms with van der Waals surface area (Å²) in [5, 5.41) is 2.66. The summed E-state index contributed by atoms with van der Waals surface area (Å²) in [6, 6.07) is 11.1. The molecule has 1 saturated heterocycles. The lowest BCUT2D eigenvalue weighted by atomic mass is 10.1. The van der Waals surface area contributed by atoms with Crippen molar-refractivity contribution in [3.8, 4) is 0 Å². The van der Waals surface area contributed by atoms with Crippen LogP contribution in [0.4, 0.5) is 11.6 Å². The number of benzene rings is 1. The summed E-state index contributed by atoms with van der Waals surface area (Å²) >= 11 is 5.23. The van der Waals surface area contributed by atoms with E-state index in [4.69, 9.17) is 16.6 Å². The first-order valence-electron chi connectivity index (χ1n) is 9.33. The van der Waals surface area contributed by atoms with E-state index in [9.17, 15) is 9.59 Å². The molecule has 1 N–H and O–H groups in total. The van der Waals surface area contributed by atoms with E-state index < -0.39 is 11.8 Å². The van der Waals surface area contributed by atoms with E-state index in [-0.39, 0.29) is 10.7 Å². The second-order valence-electron chi connectivity index (χ2n) is 6.33. The summed E-state index contributed by atoms with van der Waals surface area (Å²) in [6.45, 7) is 7.73. The summed E-state index contributed by atoms with van der Waals surface area (Å²) in [4.78, 5) is 28.8. The van der Waals surface area contributed by atoms with Gasteiger partial charge in [-0.2, -0.15) is 0 Å². The van der Waals surface area contributed by atoms with Crippen LogP contribution >= 0.6 is 12.2 Å². The standard InChI is InChI=1S/C21H23N3O3S/c1-4-14-7-9-15(10-8-14)24-20(26)17(19(25)22-21(24)28)13-16-11-12-18(27-16)23(5-2)6-3/h7-13H,4-6H2,1-3H3,(H,22,25,28)/b17-13+. The van der Waals surface area contributed by atoms with Crippen LogP contribution in [0.1, 0.15) is 32.1 Å². The fourth-order valence-electron chi connectivity index (χ4n) is 3.04. The van der Waals surface area contributed by atoms with Crippen LogP contribution in [0, 0.1) is 0 Å². The number of aryl methyl sites for hydroxylation is 1. The van der Waals surface area contributed by atoms with Gasteiger partial charge in [-0.25, -0.2) is 0 Å². The average molecular weight is 398 g/mol. The lowest BCUT2D eigenvalue weighted by Gasteiger charge is -2.28. The summed E-state index contributed by atoms with van der Waals surface area (Å²) in [6.07, 6.45) is 2.35. The van der Waals surface area contributed by atoms with E-state index in [2.05, 4.69) is 12.2 Å². The van der Waals surface area contributed by atoms with E-state index in [1.54, 1.807) is 6.07 Å². The second kappa shape index (κ2) is 8.39. The molecule has 1 aromatic heterocycles. The number of hydrogen-bond acceptors (Lipinski definition) is 5. The van der Waals surface area contributed by atoms with Gasteiger partial charge in [0.25, 0.3) is 11.8 Å². The van der Waals surface area contributed by atoms with E-state index in [0.29, 0.717) is 17.3 Å². The highest BCUT2D eigenvalue weighted by molar-refractivity contribution is 7.80. The lowest BCUT2D eigenvalue weighted by molar-refractivity contribution is -0.122. The number of anilines is 2. The molecule has 1 fully saturated rings. The number of nitrogens with zero attached hydrogens (tertiary/aromatic N) is 2. The van der Waals surface area contributed by atoms with Crippen LogP contribution in [0.2, 0.25) is 0 Å². The minimum absolute atomic E-state index is 0.0198. The van der Waals surface area contributed by atoms with Crippen molar-refractivity contribution < 1.29 is 14.0 Å². The third-order valence-corrected chi connectivity index (χ3v) is 4.96. The van der Waals surface area contributed by atoms with E-state index in [0.717, 1.165) is 25.1 Å². The van der Waals surface area contributed by atoms with Gasteiger partial charge in [-0.05, 0) is 62.3 Å². The Hall–Kier alpha value is -2.93. The largest absolute Gasteiger partial charge is 0.441 e. The van der Waals surface area contributed by atoms with Crippen LogP contribution in [0.15, 0.2) is 46.4 Å². The van der Waals surface area contributed by atoms with Crippen molar-refractivity contribution >= 4 is 46.8 Å². The monoisotopic (exact) mass is 397 g/mol. The van der Waals surface area contributed by atoms with Crippen molar-refractivity contribution in [2.24, 2.45) is 0 Å². The fraction of sp³-hybridized carbons (Fsp3) is 0.286. The Kier molecular flexibility index (Phi) is 5.94. The van der Waals surface area contributed by atoms with Gasteiger partial charge < -0.3 is 9.32 Å². The van der Waals surface area contributed by atoms with Crippen molar-refractivity contribution in [2.45, 2.75) is 27.2 Å². The number of furan rings is 1. The van der Waals surface area contributed by atoms with Gasteiger partial charge in [0.1, 0.15) is 11.3 Å². The zero-order valence-corrected chi connectivity index (χ0v) is 17.0. The molecule has 146 valence electrons. The van der Waals surface area contributed by atoms with Crippen molar-refractivity contribution in [3.05, 3.63) is 53.3 Å². The maximum absolute atomic E-state index is 13.0. The summed E-state index contributed by atoms with van der Waals surface area (Å²) < 4.78 is 5.79. The molecule has 2 heterocycles. The van der Waals surface area contributed by atoms with Crippen LogP contribution in [0.3, 0.4) is 0 Å². The van der Waals surface area contributed by atoms with E-state index in [1.807, 2.05) is 49.1 Å². The van der Waals surface area contributed by atoms with Crippen LogP contribution in [-0.2, 0) is 16.0 Å². The molecule has 7 heteroatoms. The second-order valence-corrected chi connectivity index (χ2v) is 6.71. The highest BCUT2D eigenvalue weighted by Gasteiger charge is 2.34. The molecule has 1 aromatic carbocycles. The molecule has 0 atom stereocenters. The van der Waals surface area contributed by atoms with Crippen LogP contribution < -0.4 is 15.1 Å². The smallest absolute Gasteiger partial charge is 0.270 e. The predicted molar refractivity (Wildman–Crippen MR) is 114 cm³/mol. The van der Waals surface area contributed by atoms with Gasteiger partial charge in [0.15, 0.2) is 11.0 Å². The van der Waals surface area contributed by atoms with Gasteiger partial charge in [-0.3, -0.25) is 19.8 Å². The molecule has 2 aromatic rings. The molecule has 28 heavy (non-hydrogen) atoms. The van der Waals surface area contributed by atoms with Crippen molar-refractivity contribution in [3.63, 3.8) is 0 Å². The number of nitrogens with one attached hydrogen (secondary N) is 1. The minimum atomic E-state index is -0.530. The summed E-state index contributed by atoms with van der Waals surface area (Å²) in [5.41, 5.74) is 1.74. The van der Waals surface area contributed by atoms with Crippen LogP contribution in [0.25, 0.3) is 6.08 Å². The maximum atomic E-state index is 13.0. The predicted octanol–water partition coefficient (Wildman–Crippen LogP) is 3.52. The lowest BCUT2D eigenvalue weighted by Crippen LogP contribution is -2.54. The normalized spacial score (nSPS) is 15.9. The maximum Gasteiger partial charge on any atom is 0.270 e. The molecule has 0 saturated carbocycles. The first-order chi connectivity index (χ1) is 13.5. The number of amides is 2. The molecule has 0 spiro atoms. The van der Waals surface area contributed by atoms with Gasteiger partial charge in [0.2, 0.25) is 0 Å². The number of rotatable bonds is 6. The van der Waals surface area contributed by atoms with Crippen LogP contribution in [-0.4, -0.2) is 30.0 Å². The van der Waals surface area contributed by atoms with Gasteiger partial charge >= 0.3 is 0 Å². The van der Waals surface area contributed by atoms with Crippen LogP contribution in [0.5, 0.6) is 0 Å². The Balaban J connectivity index is 1.92. The van der Waals surface area contributed by atoms with Gasteiger partial charge in [-0.1, -0.05) is 19.1 Å². The quantitative estimate of drug-likeness (QED) is 0.459. The SMILES string of the molecule is CCc1ccc(N2C(=O)/C(=C/c3ccc(N(CC)CC)o3)C(=O)NC2=S)cc1.